The zero-order valence-electron chi connectivity index (χ0n) is 13.5. The standard InChI is InChI=1S/C16H21N5OS/c1-11-8-19-14(23-11)10-21-16(18-3)20-9-12-5-4-6-13(7-12)15(22)17-2/h4-8H,9-10H2,1-3H3,(H,17,22)(H2,18,20,21). The van der Waals surface area contributed by atoms with E-state index in [4.69, 9.17) is 0 Å². The molecule has 0 atom stereocenters. The number of nitrogens with one attached hydrogen (secondary N) is 3. The molecular formula is C16H21N5OS. The van der Waals surface area contributed by atoms with Crippen molar-refractivity contribution in [3.8, 4) is 0 Å². The number of guanidine groups is 1. The number of hydrogen-bond donors (Lipinski definition) is 3. The molecule has 1 amide bonds. The second-order valence-corrected chi connectivity index (χ2v) is 6.24. The van der Waals surface area contributed by atoms with Crippen LogP contribution in [0.3, 0.4) is 0 Å². The van der Waals surface area contributed by atoms with E-state index in [9.17, 15) is 4.79 Å². The lowest BCUT2D eigenvalue weighted by molar-refractivity contribution is 0.0963. The second kappa shape index (κ2) is 8.28. The normalized spacial score (nSPS) is 11.2. The molecule has 0 aliphatic rings. The zero-order chi connectivity index (χ0) is 16.7. The van der Waals surface area contributed by atoms with Gasteiger partial charge in [0.1, 0.15) is 5.01 Å². The average Bonchev–Trinajstić information content (AvgIpc) is 3.00. The Labute approximate surface area is 140 Å². The van der Waals surface area contributed by atoms with E-state index in [2.05, 4.69) is 25.9 Å². The summed E-state index contributed by atoms with van der Waals surface area (Å²) in [6.07, 6.45) is 1.86. The highest BCUT2D eigenvalue weighted by Gasteiger charge is 2.05. The number of aryl methyl sites for hydroxylation is 1. The molecule has 7 heteroatoms. The lowest BCUT2D eigenvalue weighted by Gasteiger charge is -2.11. The maximum Gasteiger partial charge on any atom is 0.251 e. The van der Waals surface area contributed by atoms with Gasteiger partial charge in [0.25, 0.3) is 5.91 Å². The Balaban J connectivity index is 1.89. The Kier molecular flexibility index (Phi) is 6.10. The van der Waals surface area contributed by atoms with Crippen molar-refractivity contribution in [2.75, 3.05) is 14.1 Å². The van der Waals surface area contributed by atoms with E-state index in [1.54, 1.807) is 31.5 Å². The van der Waals surface area contributed by atoms with Gasteiger partial charge < -0.3 is 16.0 Å². The fourth-order valence-electron chi connectivity index (χ4n) is 2.02. The van der Waals surface area contributed by atoms with Crippen LogP contribution in [0.2, 0.25) is 0 Å². The van der Waals surface area contributed by atoms with E-state index in [-0.39, 0.29) is 5.91 Å². The third-order valence-corrected chi connectivity index (χ3v) is 4.09. The first-order valence-electron chi connectivity index (χ1n) is 7.29. The molecule has 2 aromatic rings. The minimum atomic E-state index is -0.0894. The largest absolute Gasteiger partial charge is 0.355 e. The molecule has 1 heterocycles. The van der Waals surface area contributed by atoms with Crippen molar-refractivity contribution in [3.63, 3.8) is 0 Å². The Hall–Kier alpha value is -2.41. The molecule has 0 saturated heterocycles. The van der Waals surface area contributed by atoms with Crippen LogP contribution in [0.25, 0.3) is 0 Å². The van der Waals surface area contributed by atoms with Crippen molar-refractivity contribution in [2.24, 2.45) is 4.99 Å². The molecule has 0 radical (unpaired) electrons. The average molecular weight is 331 g/mol. The minimum Gasteiger partial charge on any atom is -0.355 e. The Bertz CT molecular complexity index is 695. The van der Waals surface area contributed by atoms with Crippen LogP contribution in [0.4, 0.5) is 0 Å². The predicted molar refractivity (Wildman–Crippen MR) is 93.7 cm³/mol. The van der Waals surface area contributed by atoms with E-state index in [1.165, 1.54) is 4.88 Å². The van der Waals surface area contributed by atoms with Crippen molar-refractivity contribution < 1.29 is 4.79 Å². The van der Waals surface area contributed by atoms with Crippen molar-refractivity contribution in [2.45, 2.75) is 20.0 Å². The van der Waals surface area contributed by atoms with Gasteiger partial charge in [0, 0.05) is 37.3 Å². The molecule has 3 N–H and O–H groups in total. The number of amides is 1. The minimum absolute atomic E-state index is 0.0894. The number of thiazole rings is 1. The van der Waals surface area contributed by atoms with Gasteiger partial charge in [-0.05, 0) is 24.6 Å². The van der Waals surface area contributed by atoms with Crippen LogP contribution in [0.5, 0.6) is 0 Å². The highest BCUT2D eigenvalue weighted by molar-refractivity contribution is 7.11. The lowest BCUT2D eigenvalue weighted by Crippen LogP contribution is -2.36. The highest BCUT2D eigenvalue weighted by Crippen LogP contribution is 2.10. The summed E-state index contributed by atoms with van der Waals surface area (Å²) in [5.41, 5.74) is 1.66. The van der Waals surface area contributed by atoms with Gasteiger partial charge in [-0.25, -0.2) is 4.98 Å². The molecule has 2 rings (SSSR count). The molecular weight excluding hydrogens is 310 g/mol. The quantitative estimate of drug-likeness (QED) is 0.575. The maximum absolute atomic E-state index is 11.6. The molecule has 0 saturated carbocycles. The third kappa shape index (κ3) is 5.07. The summed E-state index contributed by atoms with van der Waals surface area (Å²) in [5.74, 6) is 0.608. The summed E-state index contributed by atoms with van der Waals surface area (Å²) in [7, 11) is 3.35. The highest BCUT2D eigenvalue weighted by atomic mass is 32.1. The lowest BCUT2D eigenvalue weighted by atomic mass is 10.1. The number of aliphatic imine (C=N–C) groups is 1. The van der Waals surface area contributed by atoms with Gasteiger partial charge in [0.2, 0.25) is 0 Å². The fraction of sp³-hybridized carbons (Fsp3) is 0.312. The SMILES string of the molecule is CN=C(NCc1cccc(C(=O)NC)c1)NCc1ncc(C)s1. The molecule has 0 bridgehead atoms. The van der Waals surface area contributed by atoms with E-state index in [0.717, 1.165) is 10.6 Å². The molecule has 122 valence electrons. The third-order valence-electron chi connectivity index (χ3n) is 3.18. The van der Waals surface area contributed by atoms with E-state index in [1.807, 2.05) is 31.3 Å². The van der Waals surface area contributed by atoms with E-state index < -0.39 is 0 Å². The summed E-state index contributed by atoms with van der Waals surface area (Å²) in [6.45, 7) is 3.26. The van der Waals surface area contributed by atoms with Gasteiger partial charge in [0.05, 0.1) is 6.54 Å². The molecule has 0 spiro atoms. The number of benzene rings is 1. The molecule has 0 fully saturated rings. The fourth-order valence-corrected chi connectivity index (χ4v) is 2.74. The number of hydrogen-bond acceptors (Lipinski definition) is 4. The van der Waals surface area contributed by atoms with Crippen molar-refractivity contribution in [3.05, 3.63) is 51.5 Å². The number of nitrogens with zero attached hydrogens (tertiary/aromatic N) is 2. The Morgan fingerprint density at radius 1 is 1.30 bits per heavy atom. The topological polar surface area (TPSA) is 78.4 Å². The molecule has 0 aliphatic carbocycles. The van der Waals surface area contributed by atoms with Gasteiger partial charge in [0.15, 0.2) is 5.96 Å². The molecule has 1 aromatic heterocycles. The first-order valence-corrected chi connectivity index (χ1v) is 8.11. The smallest absolute Gasteiger partial charge is 0.251 e. The summed E-state index contributed by atoms with van der Waals surface area (Å²) in [5, 5.41) is 10.1. The summed E-state index contributed by atoms with van der Waals surface area (Å²) < 4.78 is 0. The van der Waals surface area contributed by atoms with Crippen molar-refractivity contribution >= 4 is 23.2 Å². The van der Waals surface area contributed by atoms with E-state index in [0.29, 0.717) is 24.6 Å². The molecule has 0 unspecified atom stereocenters. The summed E-state index contributed by atoms with van der Waals surface area (Å²) in [6, 6.07) is 7.50. The first kappa shape index (κ1) is 17.0. The number of carbonyl (C=O) groups excluding carboxylic acids is 1. The molecule has 0 aliphatic heterocycles. The van der Waals surface area contributed by atoms with Gasteiger partial charge in [-0.15, -0.1) is 11.3 Å². The number of aromatic nitrogens is 1. The van der Waals surface area contributed by atoms with E-state index >= 15 is 0 Å². The number of carbonyl (C=O) groups is 1. The Morgan fingerprint density at radius 2 is 2.09 bits per heavy atom. The van der Waals surface area contributed by atoms with Crippen LogP contribution in [-0.4, -0.2) is 30.9 Å². The number of rotatable bonds is 5. The Morgan fingerprint density at radius 3 is 2.74 bits per heavy atom. The zero-order valence-corrected chi connectivity index (χ0v) is 14.3. The van der Waals surface area contributed by atoms with Crippen LogP contribution in [0, 0.1) is 6.92 Å². The molecule has 23 heavy (non-hydrogen) atoms. The summed E-state index contributed by atoms with van der Waals surface area (Å²) in [4.78, 5) is 21.3. The summed E-state index contributed by atoms with van der Waals surface area (Å²) >= 11 is 1.66. The van der Waals surface area contributed by atoms with Gasteiger partial charge in [-0.3, -0.25) is 9.79 Å². The van der Waals surface area contributed by atoms with Crippen LogP contribution in [0.1, 0.15) is 25.8 Å². The van der Waals surface area contributed by atoms with Crippen molar-refractivity contribution in [1.82, 2.24) is 20.9 Å². The second-order valence-electron chi connectivity index (χ2n) is 4.92. The van der Waals surface area contributed by atoms with Crippen LogP contribution in [0.15, 0.2) is 35.5 Å². The van der Waals surface area contributed by atoms with Crippen molar-refractivity contribution in [1.29, 1.82) is 0 Å². The van der Waals surface area contributed by atoms with Gasteiger partial charge >= 0.3 is 0 Å². The van der Waals surface area contributed by atoms with Crippen LogP contribution in [-0.2, 0) is 13.1 Å². The molecule has 6 nitrogen and oxygen atoms in total. The maximum atomic E-state index is 11.6. The van der Waals surface area contributed by atoms with Gasteiger partial charge in [-0.1, -0.05) is 12.1 Å². The predicted octanol–water partition coefficient (Wildman–Crippen LogP) is 1.68. The van der Waals surface area contributed by atoms with Crippen LogP contribution < -0.4 is 16.0 Å². The van der Waals surface area contributed by atoms with Gasteiger partial charge in [-0.2, -0.15) is 0 Å². The molecule has 1 aromatic carbocycles. The monoisotopic (exact) mass is 331 g/mol. The van der Waals surface area contributed by atoms with Crippen LogP contribution >= 0.6 is 11.3 Å². The first-order chi connectivity index (χ1) is 11.1.